The van der Waals surface area contributed by atoms with Gasteiger partial charge in [0.05, 0.1) is 18.6 Å². The average molecular weight is 314 g/mol. The van der Waals surface area contributed by atoms with Gasteiger partial charge in [0.2, 0.25) is 0 Å². The SMILES string of the molecule is CC[C@H](CCCC(=O)CC(=O)CC(C)O)OC1CCCCO1. The molecule has 5 heteroatoms. The summed E-state index contributed by atoms with van der Waals surface area (Å²) in [6.07, 6.45) is 5.38. The lowest BCUT2D eigenvalue weighted by Crippen LogP contribution is -2.27. The topological polar surface area (TPSA) is 72.8 Å². The highest BCUT2D eigenvalue weighted by Gasteiger charge is 2.19. The molecule has 3 atom stereocenters. The summed E-state index contributed by atoms with van der Waals surface area (Å²) < 4.78 is 11.5. The van der Waals surface area contributed by atoms with Gasteiger partial charge < -0.3 is 14.6 Å². The van der Waals surface area contributed by atoms with Gasteiger partial charge >= 0.3 is 0 Å². The zero-order chi connectivity index (χ0) is 16.4. The molecule has 1 N–H and O–H groups in total. The highest BCUT2D eigenvalue weighted by atomic mass is 16.7. The fraction of sp³-hybridized carbons (Fsp3) is 0.882. The van der Waals surface area contributed by atoms with Crippen LogP contribution in [0.5, 0.6) is 0 Å². The van der Waals surface area contributed by atoms with Gasteiger partial charge in [0, 0.05) is 19.4 Å². The number of Topliss-reactive ketones (excluding diaryl/α,β-unsaturated/α-hetero) is 2. The lowest BCUT2D eigenvalue weighted by atomic mass is 10.0. The molecule has 0 aromatic carbocycles. The summed E-state index contributed by atoms with van der Waals surface area (Å²) in [5.74, 6) is -0.228. The summed E-state index contributed by atoms with van der Waals surface area (Å²) in [6.45, 7) is 4.39. The Morgan fingerprint density at radius 1 is 1.32 bits per heavy atom. The fourth-order valence-electron chi connectivity index (χ4n) is 2.64. The molecule has 0 aliphatic carbocycles. The second kappa shape index (κ2) is 10.9. The number of hydrogen-bond acceptors (Lipinski definition) is 5. The summed E-state index contributed by atoms with van der Waals surface area (Å²) in [5, 5.41) is 9.11. The molecular formula is C17H30O5. The van der Waals surface area contributed by atoms with Crippen LogP contribution >= 0.6 is 0 Å². The molecule has 0 aromatic heterocycles. The largest absolute Gasteiger partial charge is 0.393 e. The van der Waals surface area contributed by atoms with Crippen molar-refractivity contribution < 1.29 is 24.2 Å². The van der Waals surface area contributed by atoms with E-state index in [2.05, 4.69) is 6.92 Å². The normalized spacial score (nSPS) is 21.3. The van der Waals surface area contributed by atoms with Crippen LogP contribution in [-0.2, 0) is 19.1 Å². The van der Waals surface area contributed by atoms with E-state index in [1.807, 2.05) is 0 Å². The van der Waals surface area contributed by atoms with E-state index in [-0.39, 0.29) is 36.8 Å². The highest BCUT2D eigenvalue weighted by molar-refractivity contribution is 5.99. The molecule has 1 saturated heterocycles. The summed E-state index contributed by atoms with van der Waals surface area (Å²) in [5.41, 5.74) is 0. The van der Waals surface area contributed by atoms with Crippen molar-refractivity contribution >= 4 is 11.6 Å². The maximum atomic E-state index is 11.7. The monoisotopic (exact) mass is 314 g/mol. The van der Waals surface area contributed by atoms with Gasteiger partial charge in [-0.15, -0.1) is 0 Å². The molecule has 0 radical (unpaired) electrons. The van der Waals surface area contributed by atoms with E-state index in [1.165, 1.54) is 0 Å². The predicted molar refractivity (Wildman–Crippen MR) is 83.5 cm³/mol. The van der Waals surface area contributed by atoms with Crippen molar-refractivity contribution in [1.29, 1.82) is 0 Å². The van der Waals surface area contributed by atoms with Gasteiger partial charge in [0.15, 0.2) is 6.29 Å². The maximum absolute atomic E-state index is 11.7. The third-order valence-corrected chi connectivity index (χ3v) is 3.84. The van der Waals surface area contributed by atoms with Crippen LogP contribution in [0.15, 0.2) is 0 Å². The third kappa shape index (κ3) is 8.61. The van der Waals surface area contributed by atoms with Crippen molar-refractivity contribution in [3.63, 3.8) is 0 Å². The van der Waals surface area contributed by atoms with E-state index in [4.69, 9.17) is 14.6 Å². The number of carbonyl (C=O) groups is 2. The second-order valence-corrected chi connectivity index (χ2v) is 6.16. The molecule has 1 aliphatic heterocycles. The van der Waals surface area contributed by atoms with Gasteiger partial charge in [0.25, 0.3) is 0 Å². The Bertz CT molecular complexity index is 334. The van der Waals surface area contributed by atoms with Gasteiger partial charge in [-0.1, -0.05) is 6.92 Å². The molecule has 0 amide bonds. The Morgan fingerprint density at radius 3 is 2.68 bits per heavy atom. The standard InChI is InChI=1S/C17H30O5/c1-3-16(22-17-9-4-5-10-21-17)8-6-7-14(19)12-15(20)11-13(2)18/h13,16-18H,3-12H2,1-2H3/t13?,16-,17?/m1/s1. The minimum atomic E-state index is -0.673. The minimum absolute atomic E-state index is 0.0468. The fourth-order valence-corrected chi connectivity index (χ4v) is 2.64. The Labute approximate surface area is 133 Å². The van der Waals surface area contributed by atoms with Crippen molar-refractivity contribution in [2.24, 2.45) is 0 Å². The van der Waals surface area contributed by atoms with Crippen LogP contribution in [0.2, 0.25) is 0 Å². The van der Waals surface area contributed by atoms with Crippen LogP contribution in [0.1, 0.15) is 71.6 Å². The van der Waals surface area contributed by atoms with Gasteiger partial charge in [-0.25, -0.2) is 0 Å². The quantitative estimate of drug-likeness (QED) is 0.594. The smallest absolute Gasteiger partial charge is 0.157 e. The lowest BCUT2D eigenvalue weighted by molar-refractivity contribution is -0.189. The van der Waals surface area contributed by atoms with Crippen molar-refractivity contribution in [2.75, 3.05) is 6.61 Å². The van der Waals surface area contributed by atoms with Crippen LogP contribution < -0.4 is 0 Å². The summed E-state index contributed by atoms with van der Waals surface area (Å²) in [7, 11) is 0. The third-order valence-electron chi connectivity index (χ3n) is 3.84. The Kier molecular flexibility index (Phi) is 9.52. The molecule has 1 fully saturated rings. The van der Waals surface area contributed by atoms with Crippen LogP contribution in [0, 0.1) is 0 Å². The lowest BCUT2D eigenvalue weighted by Gasteiger charge is -2.27. The van der Waals surface area contributed by atoms with Crippen LogP contribution in [-0.4, -0.2) is 41.8 Å². The Morgan fingerprint density at radius 2 is 2.09 bits per heavy atom. The molecule has 128 valence electrons. The zero-order valence-corrected chi connectivity index (χ0v) is 13.9. The maximum Gasteiger partial charge on any atom is 0.157 e. The summed E-state index contributed by atoms with van der Waals surface area (Å²) >= 11 is 0. The van der Waals surface area contributed by atoms with Crippen LogP contribution in [0.25, 0.3) is 0 Å². The second-order valence-electron chi connectivity index (χ2n) is 6.16. The van der Waals surface area contributed by atoms with Crippen LogP contribution in [0.3, 0.4) is 0 Å². The predicted octanol–water partition coefficient (Wildman–Crippen LogP) is 2.78. The number of ether oxygens (including phenoxy) is 2. The first-order chi connectivity index (χ1) is 10.5. The molecule has 2 unspecified atom stereocenters. The molecule has 0 aromatic rings. The first-order valence-electron chi connectivity index (χ1n) is 8.49. The van der Waals surface area contributed by atoms with Gasteiger partial charge in [0.1, 0.15) is 11.6 Å². The van der Waals surface area contributed by atoms with Gasteiger partial charge in [-0.2, -0.15) is 0 Å². The molecule has 22 heavy (non-hydrogen) atoms. The number of carbonyl (C=O) groups excluding carboxylic acids is 2. The van der Waals surface area contributed by atoms with Gasteiger partial charge in [-0.05, 0) is 45.4 Å². The Hall–Kier alpha value is -0.780. The van der Waals surface area contributed by atoms with Crippen LogP contribution in [0.4, 0.5) is 0 Å². The molecule has 1 heterocycles. The van der Waals surface area contributed by atoms with Crippen molar-refractivity contribution in [3.8, 4) is 0 Å². The zero-order valence-electron chi connectivity index (χ0n) is 13.9. The first-order valence-corrected chi connectivity index (χ1v) is 8.49. The van der Waals surface area contributed by atoms with E-state index in [1.54, 1.807) is 6.92 Å². The minimum Gasteiger partial charge on any atom is -0.393 e. The van der Waals surface area contributed by atoms with E-state index in [9.17, 15) is 9.59 Å². The molecular weight excluding hydrogens is 284 g/mol. The van der Waals surface area contributed by atoms with E-state index in [0.717, 1.165) is 45.1 Å². The summed E-state index contributed by atoms with van der Waals surface area (Å²) in [4.78, 5) is 23.2. The van der Waals surface area contributed by atoms with E-state index < -0.39 is 6.10 Å². The molecule has 0 bridgehead atoms. The summed E-state index contributed by atoms with van der Waals surface area (Å²) in [6, 6.07) is 0. The Balaban J connectivity index is 2.17. The van der Waals surface area contributed by atoms with Crippen molar-refractivity contribution in [1.82, 2.24) is 0 Å². The molecule has 1 aliphatic rings. The number of aliphatic hydroxyl groups is 1. The molecule has 0 spiro atoms. The number of hydrogen-bond donors (Lipinski definition) is 1. The van der Waals surface area contributed by atoms with E-state index in [0.29, 0.717) is 6.42 Å². The molecule has 1 rings (SSSR count). The number of aliphatic hydroxyl groups excluding tert-OH is 1. The van der Waals surface area contributed by atoms with Crippen molar-refractivity contribution in [3.05, 3.63) is 0 Å². The average Bonchev–Trinajstić information content (AvgIpc) is 2.46. The number of ketones is 2. The highest BCUT2D eigenvalue weighted by Crippen LogP contribution is 2.19. The van der Waals surface area contributed by atoms with E-state index >= 15 is 0 Å². The molecule has 5 nitrogen and oxygen atoms in total. The van der Waals surface area contributed by atoms with Gasteiger partial charge in [-0.3, -0.25) is 9.59 Å². The molecule has 0 saturated carbocycles. The number of rotatable bonds is 11. The first kappa shape index (κ1) is 19.3. The van der Waals surface area contributed by atoms with Crippen molar-refractivity contribution in [2.45, 2.75) is 90.1 Å².